The lowest BCUT2D eigenvalue weighted by Gasteiger charge is -2.37. The number of nitriles is 1. The molecule has 234 valence electrons. The third-order valence-electron chi connectivity index (χ3n) is 8.03. The number of tetrazole rings is 1. The summed E-state index contributed by atoms with van der Waals surface area (Å²) in [7, 11) is 0. The minimum atomic E-state index is -4.16. The van der Waals surface area contributed by atoms with Gasteiger partial charge in [-0.2, -0.15) is 14.0 Å². The lowest BCUT2D eigenvalue weighted by atomic mass is 9.84. The molecule has 0 amide bonds. The molecule has 14 heteroatoms. The zero-order valence-electron chi connectivity index (χ0n) is 24.0. The van der Waals surface area contributed by atoms with E-state index in [-0.39, 0.29) is 5.56 Å². The predicted octanol–water partition coefficient (Wildman–Crippen LogP) is 5.03. The zero-order valence-corrected chi connectivity index (χ0v) is 24.0. The van der Waals surface area contributed by atoms with E-state index in [4.69, 9.17) is 5.26 Å². The molecule has 2 aromatic heterocycles. The second-order valence-corrected chi connectivity index (χ2v) is 10.8. The van der Waals surface area contributed by atoms with Gasteiger partial charge in [0.25, 0.3) is 0 Å². The van der Waals surface area contributed by atoms with Crippen molar-refractivity contribution < 1.29 is 27.1 Å². The highest BCUT2D eigenvalue weighted by molar-refractivity contribution is 5.66. The molecule has 1 fully saturated rings. The van der Waals surface area contributed by atoms with Crippen LogP contribution in [0.2, 0.25) is 0 Å². The summed E-state index contributed by atoms with van der Waals surface area (Å²) >= 11 is 0. The highest BCUT2D eigenvalue weighted by Crippen LogP contribution is 2.47. The zero-order chi connectivity index (χ0) is 32.5. The number of nitrogens with zero attached hydrogens (tertiary/aromatic N) is 8. The molecule has 1 N–H and O–H groups in total. The molecule has 0 radical (unpaired) electrons. The number of halogens is 5. The van der Waals surface area contributed by atoms with Crippen LogP contribution in [0.4, 0.5) is 33.3 Å². The molecular weight excluding hydrogens is 607 g/mol. The second kappa shape index (κ2) is 12.2. The molecule has 5 aromatic rings. The van der Waals surface area contributed by atoms with E-state index in [9.17, 15) is 18.3 Å². The maximum absolute atomic E-state index is 16.1. The fourth-order valence-corrected chi connectivity index (χ4v) is 5.53. The molecule has 0 bridgehead atoms. The molecule has 0 spiro atoms. The Kier molecular flexibility index (Phi) is 8.09. The normalized spacial score (nSPS) is 15.0. The molecule has 46 heavy (non-hydrogen) atoms. The summed E-state index contributed by atoms with van der Waals surface area (Å²) in [5.41, 5.74) is -2.07. The molecule has 0 aliphatic carbocycles. The van der Waals surface area contributed by atoms with E-state index >= 15 is 8.78 Å². The Morgan fingerprint density at radius 2 is 1.54 bits per heavy atom. The van der Waals surface area contributed by atoms with Crippen molar-refractivity contribution in [3.05, 3.63) is 120 Å². The number of hydrogen-bond acceptors (Lipinski definition) is 8. The number of rotatable bonds is 8. The summed E-state index contributed by atoms with van der Waals surface area (Å²) in [6.45, 7) is 1.47. The fourth-order valence-electron chi connectivity index (χ4n) is 5.53. The summed E-state index contributed by atoms with van der Waals surface area (Å²) in [6, 6.07) is 18.2. The SMILES string of the molecule is N#Cc1ccc(N2CCN(c3ccc(-c4ccc(C(F)(F)C(O)(Cn5cnnn5)c5ccc(F)cc5F)nc4)cc3)CC2)c(F)c1. The van der Waals surface area contributed by atoms with Crippen LogP contribution in [0.3, 0.4) is 0 Å². The van der Waals surface area contributed by atoms with Gasteiger partial charge in [0.05, 0.1) is 23.9 Å². The van der Waals surface area contributed by atoms with Crippen LogP contribution in [0.25, 0.3) is 11.1 Å². The van der Waals surface area contributed by atoms with Crippen molar-refractivity contribution in [2.24, 2.45) is 0 Å². The summed E-state index contributed by atoms with van der Waals surface area (Å²) in [5.74, 6) is -6.96. The summed E-state index contributed by atoms with van der Waals surface area (Å²) < 4.78 is 75.8. The Hall–Kier alpha value is -5.42. The first-order valence-corrected chi connectivity index (χ1v) is 14.1. The molecular formula is C32H25F5N8O. The van der Waals surface area contributed by atoms with E-state index in [2.05, 4.69) is 25.4 Å². The van der Waals surface area contributed by atoms with Crippen molar-refractivity contribution in [3.8, 4) is 17.2 Å². The number of aliphatic hydroxyl groups is 1. The van der Waals surface area contributed by atoms with Crippen molar-refractivity contribution >= 4 is 11.4 Å². The van der Waals surface area contributed by atoms with Crippen molar-refractivity contribution in [3.63, 3.8) is 0 Å². The molecule has 1 atom stereocenters. The smallest absolute Gasteiger partial charge is 0.323 e. The average molecular weight is 633 g/mol. The van der Waals surface area contributed by atoms with Crippen molar-refractivity contribution in [1.29, 1.82) is 5.26 Å². The van der Waals surface area contributed by atoms with E-state index in [1.807, 2.05) is 35.2 Å². The van der Waals surface area contributed by atoms with Gasteiger partial charge in [0.15, 0.2) is 5.60 Å². The molecule has 1 saturated heterocycles. The quantitative estimate of drug-likeness (QED) is 0.238. The van der Waals surface area contributed by atoms with Gasteiger partial charge in [-0.25, -0.2) is 17.9 Å². The Balaban J connectivity index is 1.18. The number of pyridine rings is 1. The Morgan fingerprint density at radius 1 is 0.826 bits per heavy atom. The van der Waals surface area contributed by atoms with Crippen molar-refractivity contribution in [2.75, 3.05) is 36.0 Å². The van der Waals surface area contributed by atoms with Gasteiger partial charge in [-0.1, -0.05) is 18.2 Å². The summed E-state index contributed by atoms with van der Waals surface area (Å²) in [6.07, 6.45) is 2.21. The number of benzene rings is 3. The standard InChI is InChI=1S/C32H25F5N8O/c33-24-5-8-26(27(34)16-24)31(46,19-45-20-40-41-42-45)32(36,37)30-10-4-23(18-39-30)22-2-6-25(7-3-22)43-11-13-44(14-12-43)29-9-1-21(17-38)15-28(29)35/h1-10,15-16,18,20,46H,11-14,19H2. The number of aromatic nitrogens is 5. The number of alkyl halides is 2. The van der Waals surface area contributed by atoms with Gasteiger partial charge < -0.3 is 14.9 Å². The van der Waals surface area contributed by atoms with Gasteiger partial charge in [-0.05, 0) is 64.5 Å². The molecule has 0 saturated carbocycles. The van der Waals surface area contributed by atoms with E-state index in [1.54, 1.807) is 12.1 Å². The molecule has 6 rings (SSSR count). The Labute approximate surface area is 259 Å². The van der Waals surface area contributed by atoms with Crippen LogP contribution in [-0.2, 0) is 18.1 Å². The van der Waals surface area contributed by atoms with Gasteiger partial charge in [0.2, 0.25) is 0 Å². The minimum absolute atomic E-state index is 0.265. The van der Waals surface area contributed by atoms with Gasteiger partial charge in [0.1, 0.15) is 29.5 Å². The van der Waals surface area contributed by atoms with Gasteiger partial charge in [0, 0.05) is 55.3 Å². The number of piperazine rings is 1. The molecule has 1 unspecified atom stereocenters. The third-order valence-corrected chi connectivity index (χ3v) is 8.03. The Bertz CT molecular complexity index is 1870. The second-order valence-electron chi connectivity index (χ2n) is 10.8. The first-order valence-electron chi connectivity index (χ1n) is 14.1. The maximum Gasteiger partial charge on any atom is 0.323 e. The van der Waals surface area contributed by atoms with Crippen LogP contribution in [-0.4, -0.2) is 56.5 Å². The van der Waals surface area contributed by atoms with E-state index in [1.165, 1.54) is 18.3 Å². The van der Waals surface area contributed by atoms with Gasteiger partial charge in [-0.15, -0.1) is 5.10 Å². The van der Waals surface area contributed by atoms with Gasteiger partial charge in [-0.3, -0.25) is 4.98 Å². The monoisotopic (exact) mass is 632 g/mol. The number of hydrogen-bond donors (Lipinski definition) is 1. The molecule has 9 nitrogen and oxygen atoms in total. The summed E-state index contributed by atoms with van der Waals surface area (Å²) in [4.78, 5) is 8.00. The highest BCUT2D eigenvalue weighted by Gasteiger charge is 2.58. The lowest BCUT2D eigenvalue weighted by Crippen LogP contribution is -2.48. The van der Waals surface area contributed by atoms with E-state index in [0.29, 0.717) is 49.1 Å². The highest BCUT2D eigenvalue weighted by atomic mass is 19.3. The topological polar surface area (TPSA) is 107 Å². The third kappa shape index (κ3) is 5.72. The molecule has 1 aliphatic rings. The van der Waals surface area contributed by atoms with Crippen LogP contribution < -0.4 is 9.80 Å². The average Bonchev–Trinajstić information content (AvgIpc) is 3.57. The van der Waals surface area contributed by atoms with Crippen molar-refractivity contribution in [2.45, 2.75) is 18.1 Å². The first-order chi connectivity index (χ1) is 22.1. The minimum Gasteiger partial charge on any atom is -0.377 e. The van der Waals surface area contributed by atoms with Crippen LogP contribution in [0, 0.1) is 28.8 Å². The van der Waals surface area contributed by atoms with E-state index in [0.717, 1.165) is 34.9 Å². The van der Waals surface area contributed by atoms with Gasteiger partial charge >= 0.3 is 5.92 Å². The first kappa shape index (κ1) is 30.6. The number of anilines is 2. The van der Waals surface area contributed by atoms with Crippen molar-refractivity contribution in [1.82, 2.24) is 25.2 Å². The maximum atomic E-state index is 16.1. The van der Waals surface area contributed by atoms with Crippen LogP contribution in [0.5, 0.6) is 0 Å². The molecule has 1 aliphatic heterocycles. The lowest BCUT2D eigenvalue weighted by molar-refractivity contribution is -0.207. The fraction of sp³-hybridized carbons (Fsp3) is 0.219. The Morgan fingerprint density at radius 3 is 2.15 bits per heavy atom. The van der Waals surface area contributed by atoms with E-state index < -0.39 is 46.8 Å². The van der Waals surface area contributed by atoms with Crippen LogP contribution in [0.1, 0.15) is 16.8 Å². The largest absolute Gasteiger partial charge is 0.377 e. The van der Waals surface area contributed by atoms with Crippen LogP contribution >= 0.6 is 0 Å². The summed E-state index contributed by atoms with van der Waals surface area (Å²) in [5, 5.41) is 30.6. The molecule has 3 heterocycles. The molecule has 3 aromatic carbocycles. The van der Waals surface area contributed by atoms with Crippen LogP contribution in [0.15, 0.2) is 85.3 Å². The predicted molar refractivity (Wildman–Crippen MR) is 157 cm³/mol.